The minimum atomic E-state index is -3.57. The molecule has 0 bridgehead atoms. The number of hydrogen-bond acceptors (Lipinski definition) is 3. The topological polar surface area (TPSA) is 66.5 Å². The third kappa shape index (κ3) is 3.51. The number of fused-ring (bicyclic) bond motifs is 2. The van der Waals surface area contributed by atoms with Crippen molar-refractivity contribution in [3.63, 3.8) is 0 Å². The second-order valence-corrected chi connectivity index (χ2v) is 9.12. The summed E-state index contributed by atoms with van der Waals surface area (Å²) in [6, 6.07) is 13.4. The van der Waals surface area contributed by atoms with Crippen molar-refractivity contribution in [2.75, 3.05) is 18.0 Å². The molecular weight excluding hydrogens is 360 g/mol. The van der Waals surface area contributed by atoms with Crippen LogP contribution in [0.25, 0.3) is 0 Å². The molecule has 1 unspecified atom stereocenters. The molecule has 27 heavy (non-hydrogen) atoms. The summed E-state index contributed by atoms with van der Waals surface area (Å²) in [4.78, 5) is 13.6. The highest BCUT2D eigenvalue weighted by molar-refractivity contribution is 7.89. The maximum absolute atomic E-state index is 12.8. The Morgan fingerprint density at radius 3 is 2.78 bits per heavy atom. The van der Waals surface area contributed by atoms with Gasteiger partial charge in [-0.2, -0.15) is 0 Å². The van der Waals surface area contributed by atoms with Gasteiger partial charge in [0.1, 0.15) is 0 Å². The quantitative estimate of drug-likeness (QED) is 0.881. The van der Waals surface area contributed by atoms with Gasteiger partial charge in [-0.05, 0) is 66.5 Å². The highest BCUT2D eigenvalue weighted by Crippen LogP contribution is 2.32. The number of nitrogens with zero attached hydrogens (tertiary/aromatic N) is 1. The van der Waals surface area contributed by atoms with Gasteiger partial charge in [0.15, 0.2) is 0 Å². The SMILES string of the molecule is CC(=O)N1CCc2cc(S(=O)(=O)NCC3CCCc4ccccc43)ccc21. The molecule has 0 spiro atoms. The van der Waals surface area contributed by atoms with E-state index in [9.17, 15) is 13.2 Å². The molecule has 4 rings (SSSR count). The van der Waals surface area contributed by atoms with Gasteiger partial charge in [0, 0.05) is 25.7 Å². The lowest BCUT2D eigenvalue weighted by Gasteiger charge is -2.25. The van der Waals surface area contributed by atoms with Gasteiger partial charge in [-0.15, -0.1) is 0 Å². The van der Waals surface area contributed by atoms with Crippen molar-refractivity contribution in [3.8, 4) is 0 Å². The van der Waals surface area contributed by atoms with Crippen LogP contribution in [0.15, 0.2) is 47.4 Å². The number of benzene rings is 2. The van der Waals surface area contributed by atoms with Crippen LogP contribution in [0.5, 0.6) is 0 Å². The Bertz CT molecular complexity index is 985. The fourth-order valence-electron chi connectivity index (χ4n) is 4.23. The summed E-state index contributed by atoms with van der Waals surface area (Å²) in [6.45, 7) is 2.56. The fourth-order valence-corrected chi connectivity index (χ4v) is 5.36. The number of nitrogens with one attached hydrogen (secondary N) is 1. The normalized spacial score (nSPS) is 18.9. The van der Waals surface area contributed by atoms with Crippen LogP contribution in [0.4, 0.5) is 5.69 Å². The van der Waals surface area contributed by atoms with Crippen LogP contribution in [-0.4, -0.2) is 27.4 Å². The zero-order chi connectivity index (χ0) is 19.0. The van der Waals surface area contributed by atoms with Crippen molar-refractivity contribution in [2.24, 2.45) is 0 Å². The van der Waals surface area contributed by atoms with E-state index in [1.165, 1.54) is 18.1 Å². The van der Waals surface area contributed by atoms with Gasteiger partial charge in [0.05, 0.1) is 4.90 Å². The van der Waals surface area contributed by atoms with E-state index >= 15 is 0 Å². The van der Waals surface area contributed by atoms with Gasteiger partial charge in [0.25, 0.3) is 0 Å². The number of hydrogen-bond donors (Lipinski definition) is 1. The molecule has 1 aliphatic heterocycles. The van der Waals surface area contributed by atoms with Crippen molar-refractivity contribution in [2.45, 2.75) is 43.4 Å². The third-order valence-corrected chi connectivity index (χ3v) is 7.07. The van der Waals surface area contributed by atoms with Crippen LogP contribution in [0.3, 0.4) is 0 Å². The van der Waals surface area contributed by atoms with Gasteiger partial charge >= 0.3 is 0 Å². The molecule has 0 saturated heterocycles. The maximum Gasteiger partial charge on any atom is 0.240 e. The van der Waals surface area contributed by atoms with Gasteiger partial charge in [0.2, 0.25) is 15.9 Å². The minimum Gasteiger partial charge on any atom is -0.312 e. The molecule has 1 aliphatic carbocycles. The molecule has 5 nitrogen and oxygen atoms in total. The number of carbonyl (C=O) groups excluding carboxylic acids is 1. The molecule has 0 saturated carbocycles. The molecule has 1 atom stereocenters. The number of anilines is 1. The summed E-state index contributed by atoms with van der Waals surface area (Å²) < 4.78 is 28.4. The summed E-state index contributed by atoms with van der Waals surface area (Å²) in [7, 11) is -3.57. The number of carbonyl (C=O) groups is 1. The van der Waals surface area contributed by atoms with E-state index in [1.54, 1.807) is 23.1 Å². The first-order valence-electron chi connectivity index (χ1n) is 9.44. The molecule has 0 aromatic heterocycles. The molecular formula is C21H24N2O3S. The van der Waals surface area contributed by atoms with E-state index < -0.39 is 10.0 Å². The molecule has 1 amide bonds. The Balaban J connectivity index is 1.51. The number of sulfonamides is 1. The fraction of sp³-hybridized carbons (Fsp3) is 0.381. The van der Waals surface area contributed by atoms with Crippen LogP contribution in [0.1, 0.15) is 42.4 Å². The van der Waals surface area contributed by atoms with E-state index in [-0.39, 0.29) is 16.7 Å². The number of rotatable bonds is 4. The average Bonchev–Trinajstić information content (AvgIpc) is 3.10. The third-order valence-electron chi connectivity index (χ3n) is 5.65. The zero-order valence-electron chi connectivity index (χ0n) is 15.4. The number of aryl methyl sites for hydroxylation is 1. The standard InChI is InChI=1S/C21H24N2O3S/c1-15(24)23-12-11-17-13-19(9-10-21(17)23)27(25,26)22-14-18-7-4-6-16-5-2-3-8-20(16)18/h2-3,5,8-10,13,18,22H,4,6-7,11-12,14H2,1H3. The summed E-state index contributed by atoms with van der Waals surface area (Å²) in [6.07, 6.45) is 3.84. The molecule has 2 aromatic rings. The zero-order valence-corrected chi connectivity index (χ0v) is 16.3. The van der Waals surface area contributed by atoms with Gasteiger partial charge in [-0.25, -0.2) is 13.1 Å². The highest BCUT2D eigenvalue weighted by atomic mass is 32.2. The van der Waals surface area contributed by atoms with Crippen molar-refractivity contribution < 1.29 is 13.2 Å². The largest absolute Gasteiger partial charge is 0.312 e. The van der Waals surface area contributed by atoms with Crippen LogP contribution >= 0.6 is 0 Å². The van der Waals surface area contributed by atoms with E-state index in [4.69, 9.17) is 0 Å². The summed E-state index contributed by atoms with van der Waals surface area (Å²) in [5.41, 5.74) is 4.33. The van der Waals surface area contributed by atoms with Gasteiger partial charge in [-0.1, -0.05) is 24.3 Å². The van der Waals surface area contributed by atoms with Crippen LogP contribution < -0.4 is 9.62 Å². The smallest absolute Gasteiger partial charge is 0.240 e. The van der Waals surface area contributed by atoms with Gasteiger partial charge in [-0.3, -0.25) is 4.79 Å². The lowest BCUT2D eigenvalue weighted by molar-refractivity contribution is -0.116. The first-order valence-corrected chi connectivity index (χ1v) is 10.9. The predicted octanol–water partition coefficient (Wildman–Crippen LogP) is 2.99. The molecule has 1 heterocycles. The monoisotopic (exact) mass is 384 g/mol. The molecule has 1 N–H and O–H groups in total. The Morgan fingerprint density at radius 1 is 1.15 bits per heavy atom. The van der Waals surface area contributed by atoms with E-state index in [0.717, 1.165) is 30.5 Å². The number of amides is 1. The summed E-state index contributed by atoms with van der Waals surface area (Å²) in [5, 5.41) is 0. The van der Waals surface area contributed by atoms with Crippen LogP contribution in [0, 0.1) is 0 Å². The molecule has 142 valence electrons. The van der Waals surface area contributed by atoms with E-state index in [2.05, 4.69) is 16.9 Å². The molecule has 6 heteroatoms. The second kappa shape index (κ2) is 7.09. The maximum atomic E-state index is 12.8. The first kappa shape index (κ1) is 18.2. The van der Waals surface area contributed by atoms with E-state index in [0.29, 0.717) is 19.5 Å². The summed E-state index contributed by atoms with van der Waals surface area (Å²) >= 11 is 0. The van der Waals surface area contributed by atoms with Crippen molar-refractivity contribution >= 4 is 21.6 Å². The minimum absolute atomic E-state index is 0.0153. The Kier molecular flexibility index (Phi) is 4.78. The lowest BCUT2D eigenvalue weighted by Crippen LogP contribution is -2.30. The predicted molar refractivity (Wildman–Crippen MR) is 105 cm³/mol. The molecule has 0 fully saturated rings. The Hall–Kier alpha value is -2.18. The Morgan fingerprint density at radius 2 is 1.96 bits per heavy atom. The highest BCUT2D eigenvalue weighted by Gasteiger charge is 2.26. The van der Waals surface area contributed by atoms with E-state index in [1.807, 2.05) is 12.1 Å². The van der Waals surface area contributed by atoms with Gasteiger partial charge < -0.3 is 4.90 Å². The summed E-state index contributed by atoms with van der Waals surface area (Å²) in [5.74, 6) is 0.200. The van der Waals surface area contributed by atoms with Crippen LogP contribution in [0.2, 0.25) is 0 Å². The Labute approximate surface area is 160 Å². The molecule has 0 radical (unpaired) electrons. The lowest BCUT2D eigenvalue weighted by atomic mass is 9.83. The second-order valence-electron chi connectivity index (χ2n) is 7.35. The first-order chi connectivity index (χ1) is 13.0. The molecule has 2 aliphatic rings. The van der Waals surface area contributed by atoms with Crippen LogP contribution in [-0.2, 0) is 27.7 Å². The molecule has 2 aromatic carbocycles. The van der Waals surface area contributed by atoms with Crippen molar-refractivity contribution in [3.05, 3.63) is 59.2 Å². The van der Waals surface area contributed by atoms with Crippen molar-refractivity contribution in [1.29, 1.82) is 0 Å². The van der Waals surface area contributed by atoms with Crippen molar-refractivity contribution in [1.82, 2.24) is 4.72 Å². The average molecular weight is 385 g/mol.